The smallest absolute Gasteiger partial charge is 0.407 e. The van der Waals surface area contributed by atoms with Crippen LogP contribution in [0.15, 0.2) is 30.3 Å². The van der Waals surface area contributed by atoms with Gasteiger partial charge in [0, 0.05) is 18.0 Å². The number of urea groups is 1. The quantitative estimate of drug-likeness (QED) is 0.619. The summed E-state index contributed by atoms with van der Waals surface area (Å²) in [6.45, 7) is 0.463. The molecule has 0 bridgehead atoms. The number of anilines is 1. The Morgan fingerprint density at radius 1 is 1.26 bits per heavy atom. The number of thiophene rings is 1. The molecule has 0 spiro atoms. The molecule has 2 aromatic rings. The molecule has 5 N–H and O–H groups in total. The first-order chi connectivity index (χ1) is 12.9. The molecule has 1 aromatic carbocycles. The largest absolute Gasteiger partial charge is 0.497 e. The first kappa shape index (κ1) is 18.5. The maximum absolute atomic E-state index is 12.6. The summed E-state index contributed by atoms with van der Waals surface area (Å²) in [5, 5.41) is 14.4. The molecule has 2 heterocycles. The predicted molar refractivity (Wildman–Crippen MR) is 100 cm³/mol. The molecule has 0 aliphatic carbocycles. The Morgan fingerprint density at radius 2 is 1.93 bits per heavy atom. The normalized spacial score (nSPS) is 13.6. The molecule has 1 saturated heterocycles. The van der Waals surface area contributed by atoms with Crippen LogP contribution in [0.1, 0.15) is 10.4 Å². The highest BCUT2D eigenvalue weighted by Gasteiger charge is 2.32. The van der Waals surface area contributed by atoms with Crippen LogP contribution >= 0.6 is 11.3 Å². The van der Waals surface area contributed by atoms with E-state index in [4.69, 9.17) is 15.6 Å². The number of benzene rings is 1. The maximum atomic E-state index is 12.6. The number of primary amides is 1. The molecule has 142 valence electrons. The summed E-state index contributed by atoms with van der Waals surface area (Å²) >= 11 is 1.22. The van der Waals surface area contributed by atoms with E-state index in [2.05, 4.69) is 10.6 Å². The molecule has 3 rings (SSSR count). The van der Waals surface area contributed by atoms with Crippen molar-refractivity contribution in [3.8, 4) is 16.2 Å². The third-order valence-corrected chi connectivity index (χ3v) is 5.17. The lowest BCUT2D eigenvalue weighted by atomic mass is 10.1. The van der Waals surface area contributed by atoms with Crippen molar-refractivity contribution in [1.29, 1.82) is 0 Å². The maximum Gasteiger partial charge on any atom is 0.407 e. The average Bonchev–Trinajstić information content (AvgIpc) is 3.00. The molecule has 27 heavy (non-hydrogen) atoms. The van der Waals surface area contributed by atoms with Gasteiger partial charge in [-0.2, -0.15) is 0 Å². The van der Waals surface area contributed by atoms with Crippen molar-refractivity contribution in [2.24, 2.45) is 5.73 Å². The lowest BCUT2D eigenvalue weighted by Crippen LogP contribution is -2.60. The number of nitrogens with zero attached hydrogens (tertiary/aromatic N) is 1. The summed E-state index contributed by atoms with van der Waals surface area (Å²) < 4.78 is 5.13. The number of ether oxygens (including phenoxy) is 1. The number of rotatable bonds is 5. The van der Waals surface area contributed by atoms with E-state index in [1.807, 2.05) is 12.1 Å². The minimum atomic E-state index is -1.02. The Balaban J connectivity index is 1.80. The van der Waals surface area contributed by atoms with Gasteiger partial charge >= 0.3 is 12.1 Å². The van der Waals surface area contributed by atoms with Crippen molar-refractivity contribution in [2.45, 2.75) is 6.04 Å². The Hall–Kier alpha value is -3.27. The molecule has 0 atom stereocenters. The van der Waals surface area contributed by atoms with Crippen molar-refractivity contribution in [2.75, 3.05) is 25.5 Å². The topological polar surface area (TPSA) is 134 Å². The van der Waals surface area contributed by atoms with E-state index in [0.29, 0.717) is 10.8 Å². The van der Waals surface area contributed by atoms with Gasteiger partial charge in [0.25, 0.3) is 5.91 Å². The zero-order chi connectivity index (χ0) is 19.6. The molecule has 0 saturated carbocycles. The van der Waals surface area contributed by atoms with Crippen LogP contribution in [0.5, 0.6) is 5.75 Å². The van der Waals surface area contributed by atoms with Gasteiger partial charge in [-0.3, -0.25) is 10.1 Å². The van der Waals surface area contributed by atoms with E-state index in [1.54, 1.807) is 25.3 Å². The van der Waals surface area contributed by atoms with Gasteiger partial charge in [0.1, 0.15) is 10.8 Å². The summed E-state index contributed by atoms with van der Waals surface area (Å²) in [4.78, 5) is 36.6. The molecule has 4 amide bonds. The standard InChI is InChI=1S/C17H18N4O5S/c1-26-11-4-2-9(3-5-11)13-6-12(15(27-13)20-16(18)23)14(22)19-10-7-21(8-10)17(24)25/h2-6,10H,7-8H2,1H3,(H,19,22)(H,24,25)(H3,18,20,23). The van der Waals surface area contributed by atoms with E-state index >= 15 is 0 Å². The number of hydrogen-bond acceptors (Lipinski definition) is 5. The Labute approximate surface area is 158 Å². The zero-order valence-corrected chi connectivity index (χ0v) is 15.2. The monoisotopic (exact) mass is 390 g/mol. The molecule has 0 radical (unpaired) electrons. The number of hydrogen-bond donors (Lipinski definition) is 4. The molecule has 10 heteroatoms. The third-order valence-electron chi connectivity index (χ3n) is 4.08. The molecular weight excluding hydrogens is 372 g/mol. The molecule has 1 aliphatic heterocycles. The minimum Gasteiger partial charge on any atom is -0.497 e. The van der Waals surface area contributed by atoms with Gasteiger partial charge in [-0.05, 0) is 35.9 Å². The van der Waals surface area contributed by atoms with Crippen LogP contribution < -0.4 is 21.1 Å². The van der Waals surface area contributed by atoms with Crippen molar-refractivity contribution in [1.82, 2.24) is 10.2 Å². The van der Waals surface area contributed by atoms with Crippen LogP contribution in [0.25, 0.3) is 10.4 Å². The molecule has 0 unspecified atom stereocenters. The highest BCUT2D eigenvalue weighted by Crippen LogP contribution is 2.36. The van der Waals surface area contributed by atoms with E-state index in [0.717, 1.165) is 10.4 Å². The van der Waals surface area contributed by atoms with Gasteiger partial charge in [0.05, 0.1) is 18.7 Å². The number of carbonyl (C=O) groups is 3. The van der Waals surface area contributed by atoms with Gasteiger partial charge in [-0.1, -0.05) is 0 Å². The number of carboxylic acid groups (broad SMARTS) is 1. The number of methoxy groups -OCH3 is 1. The summed E-state index contributed by atoms with van der Waals surface area (Å²) in [5.41, 5.74) is 6.34. The van der Waals surface area contributed by atoms with Crippen LogP contribution in [-0.2, 0) is 0 Å². The molecular formula is C17H18N4O5S. The van der Waals surface area contributed by atoms with Crippen molar-refractivity contribution >= 4 is 34.4 Å². The van der Waals surface area contributed by atoms with Crippen molar-refractivity contribution in [3.63, 3.8) is 0 Å². The van der Waals surface area contributed by atoms with E-state index in [9.17, 15) is 14.4 Å². The fourth-order valence-corrected chi connectivity index (χ4v) is 3.72. The molecule has 1 fully saturated rings. The Morgan fingerprint density at radius 3 is 2.48 bits per heavy atom. The van der Waals surface area contributed by atoms with Gasteiger partial charge in [-0.25, -0.2) is 9.59 Å². The predicted octanol–water partition coefficient (Wildman–Crippen LogP) is 2.01. The van der Waals surface area contributed by atoms with Crippen LogP contribution in [-0.4, -0.2) is 54.3 Å². The number of nitrogens with two attached hydrogens (primary N) is 1. The van der Waals surface area contributed by atoms with E-state index in [1.165, 1.54) is 16.2 Å². The summed E-state index contributed by atoms with van der Waals surface area (Å²) in [7, 11) is 1.57. The number of nitrogens with one attached hydrogen (secondary N) is 2. The first-order valence-corrected chi connectivity index (χ1v) is 8.82. The first-order valence-electron chi connectivity index (χ1n) is 8.01. The average molecular weight is 390 g/mol. The Kier molecular flexibility index (Phi) is 5.17. The zero-order valence-electron chi connectivity index (χ0n) is 14.4. The Bertz CT molecular complexity index is 874. The fraction of sp³-hybridized carbons (Fsp3) is 0.235. The van der Waals surface area contributed by atoms with E-state index < -0.39 is 18.0 Å². The van der Waals surface area contributed by atoms with Crippen molar-refractivity contribution in [3.05, 3.63) is 35.9 Å². The van der Waals surface area contributed by atoms with Crippen LogP contribution in [0, 0.1) is 0 Å². The van der Waals surface area contributed by atoms with Gasteiger partial charge in [0.2, 0.25) is 0 Å². The van der Waals surface area contributed by atoms with Gasteiger partial charge in [-0.15, -0.1) is 11.3 Å². The summed E-state index contributed by atoms with van der Waals surface area (Å²) in [6, 6.07) is 7.91. The second-order valence-electron chi connectivity index (χ2n) is 5.93. The van der Waals surface area contributed by atoms with E-state index in [-0.39, 0.29) is 24.7 Å². The number of carbonyl (C=O) groups excluding carboxylic acids is 2. The van der Waals surface area contributed by atoms with Gasteiger partial charge in [0.15, 0.2) is 0 Å². The highest BCUT2D eigenvalue weighted by molar-refractivity contribution is 7.20. The second kappa shape index (κ2) is 7.54. The SMILES string of the molecule is COc1ccc(-c2cc(C(=O)NC3CN(C(=O)O)C3)c(NC(N)=O)s2)cc1. The third kappa shape index (κ3) is 4.11. The lowest BCUT2D eigenvalue weighted by molar-refractivity contribution is 0.0768. The summed E-state index contributed by atoms with van der Waals surface area (Å²) in [6.07, 6.45) is -1.02. The summed E-state index contributed by atoms with van der Waals surface area (Å²) in [5.74, 6) is 0.307. The molecule has 1 aromatic heterocycles. The lowest BCUT2D eigenvalue weighted by Gasteiger charge is -2.37. The molecule has 1 aliphatic rings. The number of likely N-dealkylation sites (tertiary alicyclic amines) is 1. The van der Waals surface area contributed by atoms with Crippen LogP contribution in [0.2, 0.25) is 0 Å². The number of amides is 4. The van der Waals surface area contributed by atoms with Crippen molar-refractivity contribution < 1.29 is 24.2 Å². The fourth-order valence-electron chi connectivity index (χ4n) is 2.65. The molecule has 9 nitrogen and oxygen atoms in total. The van der Waals surface area contributed by atoms with Crippen LogP contribution in [0.4, 0.5) is 14.6 Å². The minimum absolute atomic E-state index is 0.231. The second-order valence-corrected chi connectivity index (χ2v) is 6.98. The highest BCUT2D eigenvalue weighted by atomic mass is 32.1. The van der Waals surface area contributed by atoms with Crippen LogP contribution in [0.3, 0.4) is 0 Å². The van der Waals surface area contributed by atoms with Gasteiger partial charge < -0.3 is 25.8 Å².